The fourth-order valence-corrected chi connectivity index (χ4v) is 5.23. The van der Waals surface area contributed by atoms with E-state index in [2.05, 4.69) is 45.4 Å². The van der Waals surface area contributed by atoms with Crippen LogP contribution in [0.15, 0.2) is 30.3 Å². The van der Waals surface area contributed by atoms with Crippen molar-refractivity contribution in [1.82, 2.24) is 15.1 Å². The van der Waals surface area contributed by atoms with E-state index in [4.69, 9.17) is 0 Å². The Morgan fingerprint density at radius 3 is 2.41 bits per heavy atom. The molecule has 4 nitrogen and oxygen atoms in total. The standard InChI is InChI=1S/C23H35N3O/c27-23(24-21-10-4-5-11-21)20-9-6-14-26(18-20)22-12-15-25(16-13-22)17-19-7-2-1-3-8-19/h1-3,7-8,20-22H,4-6,9-18H2,(H,24,27)/t20-/m1/s1. The lowest BCUT2D eigenvalue weighted by molar-refractivity contribution is -0.127. The van der Waals surface area contributed by atoms with Crippen LogP contribution in [0.25, 0.3) is 0 Å². The molecule has 1 saturated carbocycles. The Hall–Kier alpha value is -1.39. The summed E-state index contributed by atoms with van der Waals surface area (Å²) >= 11 is 0. The molecule has 27 heavy (non-hydrogen) atoms. The van der Waals surface area contributed by atoms with Gasteiger partial charge in [-0.3, -0.25) is 14.6 Å². The molecule has 1 atom stereocenters. The number of benzene rings is 1. The first-order chi connectivity index (χ1) is 13.3. The molecule has 3 aliphatic rings. The number of rotatable bonds is 5. The topological polar surface area (TPSA) is 35.6 Å². The van der Waals surface area contributed by atoms with Gasteiger partial charge in [-0.2, -0.15) is 0 Å². The van der Waals surface area contributed by atoms with Gasteiger partial charge in [-0.05, 0) is 63.7 Å². The molecule has 4 heteroatoms. The third-order valence-electron chi connectivity index (χ3n) is 6.85. The average Bonchev–Trinajstić information content (AvgIpc) is 3.22. The van der Waals surface area contributed by atoms with Gasteiger partial charge in [0.25, 0.3) is 0 Å². The Bertz CT molecular complexity index is 591. The second kappa shape index (κ2) is 9.20. The highest BCUT2D eigenvalue weighted by atomic mass is 16.2. The Morgan fingerprint density at radius 2 is 1.67 bits per heavy atom. The fourth-order valence-electron chi connectivity index (χ4n) is 5.23. The zero-order chi connectivity index (χ0) is 18.5. The number of nitrogens with zero attached hydrogens (tertiary/aromatic N) is 2. The summed E-state index contributed by atoms with van der Waals surface area (Å²) in [4.78, 5) is 17.9. The molecule has 2 aliphatic heterocycles. The van der Waals surface area contributed by atoms with Gasteiger partial charge in [0.05, 0.1) is 5.92 Å². The van der Waals surface area contributed by atoms with Crippen LogP contribution in [-0.4, -0.2) is 54.0 Å². The maximum atomic E-state index is 12.7. The molecule has 0 spiro atoms. The Balaban J connectivity index is 1.23. The number of carbonyl (C=O) groups is 1. The van der Waals surface area contributed by atoms with Crippen LogP contribution in [0.4, 0.5) is 0 Å². The van der Waals surface area contributed by atoms with Gasteiger partial charge < -0.3 is 5.32 Å². The van der Waals surface area contributed by atoms with Crippen molar-refractivity contribution in [3.8, 4) is 0 Å². The zero-order valence-electron chi connectivity index (χ0n) is 16.6. The van der Waals surface area contributed by atoms with Crippen molar-refractivity contribution >= 4 is 5.91 Å². The minimum atomic E-state index is 0.210. The average molecular weight is 370 g/mol. The van der Waals surface area contributed by atoms with E-state index in [0.29, 0.717) is 18.0 Å². The minimum Gasteiger partial charge on any atom is -0.353 e. The molecule has 0 bridgehead atoms. The van der Waals surface area contributed by atoms with Crippen LogP contribution >= 0.6 is 0 Å². The smallest absolute Gasteiger partial charge is 0.224 e. The normalized spacial score (nSPS) is 26.3. The summed E-state index contributed by atoms with van der Waals surface area (Å²) in [7, 11) is 0. The molecule has 2 saturated heterocycles. The van der Waals surface area contributed by atoms with Crippen molar-refractivity contribution in [3.63, 3.8) is 0 Å². The van der Waals surface area contributed by atoms with Crippen LogP contribution in [0.1, 0.15) is 56.9 Å². The van der Waals surface area contributed by atoms with Gasteiger partial charge in [0.15, 0.2) is 0 Å². The van der Waals surface area contributed by atoms with Crippen molar-refractivity contribution in [2.24, 2.45) is 5.92 Å². The highest BCUT2D eigenvalue weighted by Gasteiger charge is 2.32. The van der Waals surface area contributed by atoms with Crippen molar-refractivity contribution in [2.75, 3.05) is 26.2 Å². The molecule has 4 rings (SSSR count). The van der Waals surface area contributed by atoms with Crippen molar-refractivity contribution in [1.29, 1.82) is 0 Å². The first-order valence-electron chi connectivity index (χ1n) is 11.1. The number of amides is 1. The van der Waals surface area contributed by atoms with E-state index in [9.17, 15) is 4.79 Å². The summed E-state index contributed by atoms with van der Waals surface area (Å²) in [6.45, 7) is 5.57. The van der Waals surface area contributed by atoms with E-state index in [1.807, 2.05) is 0 Å². The van der Waals surface area contributed by atoms with E-state index in [1.54, 1.807) is 0 Å². The van der Waals surface area contributed by atoms with Gasteiger partial charge in [0.1, 0.15) is 0 Å². The number of hydrogen-bond acceptors (Lipinski definition) is 3. The number of likely N-dealkylation sites (tertiary alicyclic amines) is 2. The molecule has 1 aliphatic carbocycles. The molecular weight excluding hydrogens is 334 g/mol. The van der Waals surface area contributed by atoms with Gasteiger partial charge in [0.2, 0.25) is 5.91 Å². The number of piperidine rings is 2. The lowest BCUT2D eigenvalue weighted by Crippen LogP contribution is -2.51. The number of nitrogens with one attached hydrogen (secondary N) is 1. The van der Waals surface area contributed by atoms with E-state index >= 15 is 0 Å². The Kier molecular flexibility index (Phi) is 6.46. The molecule has 0 radical (unpaired) electrons. The van der Waals surface area contributed by atoms with Crippen LogP contribution in [0.2, 0.25) is 0 Å². The van der Waals surface area contributed by atoms with Crippen LogP contribution in [0, 0.1) is 5.92 Å². The number of carbonyl (C=O) groups excluding carboxylic acids is 1. The summed E-state index contributed by atoms with van der Waals surface area (Å²) in [6, 6.07) is 11.9. The predicted octanol–water partition coefficient (Wildman–Crippen LogP) is 3.42. The van der Waals surface area contributed by atoms with Gasteiger partial charge in [-0.25, -0.2) is 0 Å². The molecule has 3 fully saturated rings. The van der Waals surface area contributed by atoms with E-state index in [-0.39, 0.29) is 5.92 Å². The first-order valence-corrected chi connectivity index (χ1v) is 11.1. The summed E-state index contributed by atoms with van der Waals surface area (Å²) in [5, 5.41) is 3.33. The molecule has 1 N–H and O–H groups in total. The van der Waals surface area contributed by atoms with Crippen LogP contribution in [0.5, 0.6) is 0 Å². The van der Waals surface area contributed by atoms with E-state index in [1.165, 1.54) is 70.1 Å². The van der Waals surface area contributed by atoms with Gasteiger partial charge in [0, 0.05) is 25.2 Å². The molecule has 1 aromatic carbocycles. The van der Waals surface area contributed by atoms with E-state index in [0.717, 1.165) is 19.5 Å². The predicted molar refractivity (Wildman–Crippen MR) is 109 cm³/mol. The maximum Gasteiger partial charge on any atom is 0.224 e. The van der Waals surface area contributed by atoms with E-state index < -0.39 is 0 Å². The Labute approximate surface area is 164 Å². The molecule has 0 unspecified atom stereocenters. The third kappa shape index (κ3) is 5.11. The van der Waals surface area contributed by atoms with Crippen LogP contribution in [-0.2, 0) is 11.3 Å². The molecule has 0 aromatic heterocycles. The van der Waals surface area contributed by atoms with Crippen LogP contribution in [0.3, 0.4) is 0 Å². The molecular formula is C23H35N3O. The lowest BCUT2D eigenvalue weighted by Gasteiger charge is -2.42. The first kappa shape index (κ1) is 18.9. The quantitative estimate of drug-likeness (QED) is 0.864. The molecule has 1 aromatic rings. The zero-order valence-corrected chi connectivity index (χ0v) is 16.6. The fraction of sp³-hybridized carbons (Fsp3) is 0.696. The van der Waals surface area contributed by atoms with Gasteiger partial charge in [-0.15, -0.1) is 0 Å². The highest BCUT2D eigenvalue weighted by molar-refractivity contribution is 5.79. The van der Waals surface area contributed by atoms with Crippen molar-refractivity contribution in [2.45, 2.75) is 70.0 Å². The monoisotopic (exact) mass is 369 g/mol. The summed E-state index contributed by atoms with van der Waals surface area (Å²) < 4.78 is 0. The molecule has 148 valence electrons. The maximum absolute atomic E-state index is 12.7. The Morgan fingerprint density at radius 1 is 0.926 bits per heavy atom. The summed E-state index contributed by atoms with van der Waals surface area (Å²) in [5.41, 5.74) is 1.41. The van der Waals surface area contributed by atoms with Gasteiger partial charge >= 0.3 is 0 Å². The van der Waals surface area contributed by atoms with Crippen molar-refractivity contribution < 1.29 is 4.79 Å². The number of hydrogen-bond donors (Lipinski definition) is 1. The molecule has 2 heterocycles. The molecule has 1 amide bonds. The van der Waals surface area contributed by atoms with Crippen molar-refractivity contribution in [3.05, 3.63) is 35.9 Å². The van der Waals surface area contributed by atoms with Crippen LogP contribution < -0.4 is 5.32 Å². The second-order valence-electron chi connectivity index (χ2n) is 8.82. The largest absolute Gasteiger partial charge is 0.353 e. The summed E-state index contributed by atoms with van der Waals surface area (Å²) in [6.07, 6.45) is 9.65. The highest BCUT2D eigenvalue weighted by Crippen LogP contribution is 2.25. The SMILES string of the molecule is O=C(NC1CCCC1)[C@@H]1CCCN(C2CCN(Cc3ccccc3)CC2)C1. The third-order valence-corrected chi connectivity index (χ3v) is 6.85. The van der Waals surface area contributed by atoms with Gasteiger partial charge in [-0.1, -0.05) is 43.2 Å². The summed E-state index contributed by atoms with van der Waals surface area (Å²) in [5.74, 6) is 0.537. The lowest BCUT2D eigenvalue weighted by atomic mass is 9.93. The second-order valence-corrected chi connectivity index (χ2v) is 8.82. The minimum absolute atomic E-state index is 0.210.